The van der Waals surface area contributed by atoms with Crippen molar-refractivity contribution in [1.29, 1.82) is 0 Å². The number of fused-ring (bicyclic) bond motifs is 6. The third kappa shape index (κ3) is 5.05. The Balaban J connectivity index is 1.12. The minimum absolute atomic E-state index is 0.762. The first-order chi connectivity index (χ1) is 27.3. The predicted molar refractivity (Wildman–Crippen MR) is 222 cm³/mol. The summed E-state index contributed by atoms with van der Waals surface area (Å²) in [5.41, 5.74) is 11.9. The first-order valence-electron chi connectivity index (χ1n) is 18.6. The van der Waals surface area contributed by atoms with Crippen molar-refractivity contribution >= 4 is 38.8 Å². The van der Waals surface area contributed by atoms with Gasteiger partial charge >= 0.3 is 0 Å². The maximum atomic E-state index is 5.16. The molecule has 7 heteroatoms. The zero-order chi connectivity index (χ0) is 36.3. The average Bonchev–Trinajstić information content (AvgIpc) is 3.95. The number of hydrogen-bond donors (Lipinski definition) is 0. The van der Waals surface area contributed by atoms with Crippen LogP contribution in [0, 0.1) is 0 Å². The van der Waals surface area contributed by atoms with Crippen LogP contribution in [0.5, 0.6) is 0 Å². The number of nitrogens with zero attached hydrogens (tertiary/aromatic N) is 7. The van der Waals surface area contributed by atoms with E-state index in [4.69, 9.17) is 15.2 Å². The van der Waals surface area contributed by atoms with Crippen LogP contribution < -0.4 is 0 Å². The molecule has 0 saturated heterocycles. The minimum atomic E-state index is 0.762. The number of para-hydroxylation sites is 3. The normalized spacial score (nSPS) is 12.5. The quantitative estimate of drug-likeness (QED) is 0.173. The lowest BCUT2D eigenvalue weighted by atomic mass is 10.00. The highest BCUT2D eigenvalue weighted by Gasteiger charge is 2.23. The number of allylic oxidation sites excluding steroid dienone is 1. The maximum Gasteiger partial charge on any atom is 0.168 e. The Morgan fingerprint density at radius 1 is 0.491 bits per heavy atom. The molecule has 5 aromatic carbocycles. The Morgan fingerprint density at radius 3 is 1.91 bits per heavy atom. The van der Waals surface area contributed by atoms with Crippen LogP contribution >= 0.6 is 0 Å². The third-order valence-corrected chi connectivity index (χ3v) is 10.8. The summed E-state index contributed by atoms with van der Waals surface area (Å²) in [6, 6.07) is 53.0. The van der Waals surface area contributed by atoms with Gasteiger partial charge in [-0.3, -0.25) is 14.1 Å². The van der Waals surface area contributed by atoms with Crippen LogP contribution in [-0.4, -0.2) is 33.9 Å². The molecule has 55 heavy (non-hydrogen) atoms. The van der Waals surface area contributed by atoms with E-state index in [-0.39, 0.29) is 0 Å². The molecule has 0 atom stereocenters. The average molecular weight is 708 g/mol. The fraction of sp³-hybridized carbons (Fsp3) is 0.0417. The summed E-state index contributed by atoms with van der Waals surface area (Å²) in [6.45, 7) is 0. The summed E-state index contributed by atoms with van der Waals surface area (Å²) in [6.07, 6.45) is 10.3. The molecule has 0 amide bonds. The lowest BCUT2D eigenvalue weighted by molar-refractivity contribution is 0.967. The van der Waals surface area contributed by atoms with Crippen LogP contribution in [0.3, 0.4) is 0 Å². The molecule has 0 saturated carbocycles. The highest BCUT2D eigenvalue weighted by Crippen LogP contribution is 2.39. The molecule has 260 valence electrons. The van der Waals surface area contributed by atoms with Gasteiger partial charge in [0.25, 0.3) is 0 Å². The summed E-state index contributed by atoms with van der Waals surface area (Å²) < 4.78 is 6.82. The Kier molecular flexibility index (Phi) is 7.16. The molecular formula is C48H33N7. The van der Waals surface area contributed by atoms with Gasteiger partial charge in [0.1, 0.15) is 5.82 Å². The molecule has 1 aliphatic rings. The van der Waals surface area contributed by atoms with E-state index in [1.165, 1.54) is 16.6 Å². The van der Waals surface area contributed by atoms with E-state index >= 15 is 0 Å². The van der Waals surface area contributed by atoms with Crippen LogP contribution in [0.1, 0.15) is 17.7 Å². The monoisotopic (exact) mass is 707 g/mol. The van der Waals surface area contributed by atoms with Gasteiger partial charge < -0.3 is 4.57 Å². The molecule has 0 spiro atoms. The molecule has 11 rings (SSSR count). The zero-order valence-electron chi connectivity index (χ0n) is 29.8. The van der Waals surface area contributed by atoms with Crippen molar-refractivity contribution in [3.05, 3.63) is 181 Å². The van der Waals surface area contributed by atoms with Gasteiger partial charge in [-0.15, -0.1) is 10.2 Å². The Labute approximate surface area is 317 Å². The zero-order valence-corrected chi connectivity index (χ0v) is 29.8. The van der Waals surface area contributed by atoms with E-state index in [2.05, 4.69) is 158 Å². The van der Waals surface area contributed by atoms with E-state index in [1.54, 1.807) is 6.20 Å². The molecule has 5 aromatic heterocycles. The van der Waals surface area contributed by atoms with Crippen molar-refractivity contribution in [3.63, 3.8) is 0 Å². The Hall–Kier alpha value is -7.38. The second kappa shape index (κ2) is 12.6. The van der Waals surface area contributed by atoms with E-state index < -0.39 is 0 Å². The lowest BCUT2D eigenvalue weighted by Gasteiger charge is -2.13. The largest absolute Gasteiger partial charge is 0.310 e. The summed E-state index contributed by atoms with van der Waals surface area (Å²) in [5.74, 6) is 2.38. The standard InChI is InChI=1S/C48H33N7/c1-3-14-35(15-4-1)53-42-21-9-7-18-37(42)39-26-24-32(29-44(39)53)47-51-52-48(54(47)36-16-5-2-6-17-36)33-25-27-40-38-19-8-10-22-43(38)55(45(40)30-33)46-23-11-20-41(50-46)34-13-12-28-49-31-34/h1-6,8-17,19-31H,7,18H2. The van der Waals surface area contributed by atoms with Crippen molar-refractivity contribution in [1.82, 2.24) is 33.9 Å². The molecule has 1 aliphatic carbocycles. The van der Waals surface area contributed by atoms with Crippen LogP contribution in [0.2, 0.25) is 0 Å². The van der Waals surface area contributed by atoms with Crippen LogP contribution in [-0.2, 0) is 6.42 Å². The Morgan fingerprint density at radius 2 is 1.16 bits per heavy atom. The number of benzene rings is 5. The molecule has 0 unspecified atom stereocenters. The summed E-state index contributed by atoms with van der Waals surface area (Å²) in [5, 5.41) is 13.5. The molecular weight excluding hydrogens is 675 g/mol. The van der Waals surface area contributed by atoms with Crippen molar-refractivity contribution in [2.24, 2.45) is 0 Å². The molecule has 0 radical (unpaired) electrons. The summed E-state index contributed by atoms with van der Waals surface area (Å²) in [7, 11) is 0. The van der Waals surface area contributed by atoms with Gasteiger partial charge in [0.2, 0.25) is 0 Å². The van der Waals surface area contributed by atoms with E-state index in [0.29, 0.717) is 0 Å². The number of aromatic nitrogens is 7. The van der Waals surface area contributed by atoms with Gasteiger partial charge in [0, 0.05) is 62.3 Å². The fourth-order valence-corrected chi connectivity index (χ4v) is 8.29. The smallest absolute Gasteiger partial charge is 0.168 e. The lowest BCUT2D eigenvalue weighted by Crippen LogP contribution is -2.02. The SMILES string of the molecule is C1=Cc2c(c3ccc(-c4nnc(-c5ccc6c7ccccc7n(-c7cccc(-c8cccnc8)n7)c6c5)n4-c4ccccc4)cc3n2-c2ccccc2)CC1. The molecule has 5 heterocycles. The van der Waals surface area contributed by atoms with Gasteiger partial charge in [0.05, 0.1) is 22.2 Å². The number of hydrogen-bond acceptors (Lipinski definition) is 4. The van der Waals surface area contributed by atoms with Crippen molar-refractivity contribution in [2.45, 2.75) is 12.8 Å². The Bertz CT molecular complexity index is 3080. The highest BCUT2D eigenvalue weighted by molar-refractivity contribution is 6.10. The molecule has 7 nitrogen and oxygen atoms in total. The van der Waals surface area contributed by atoms with Crippen LogP contribution in [0.25, 0.3) is 90.0 Å². The molecule has 0 aliphatic heterocycles. The topological polar surface area (TPSA) is 66.3 Å². The number of aryl methyl sites for hydroxylation is 1. The third-order valence-electron chi connectivity index (χ3n) is 10.8. The first kappa shape index (κ1) is 31.2. The van der Waals surface area contributed by atoms with E-state index in [0.717, 1.165) is 91.4 Å². The van der Waals surface area contributed by atoms with Crippen molar-refractivity contribution in [2.75, 3.05) is 0 Å². The van der Waals surface area contributed by atoms with E-state index in [9.17, 15) is 0 Å². The van der Waals surface area contributed by atoms with Gasteiger partial charge in [-0.2, -0.15) is 0 Å². The molecule has 0 N–H and O–H groups in total. The summed E-state index contributed by atoms with van der Waals surface area (Å²) in [4.78, 5) is 9.50. The second-order valence-corrected chi connectivity index (χ2v) is 13.9. The molecule has 0 bridgehead atoms. The highest BCUT2D eigenvalue weighted by atomic mass is 15.3. The number of pyridine rings is 2. The molecule has 0 fully saturated rings. The second-order valence-electron chi connectivity index (χ2n) is 13.9. The predicted octanol–water partition coefficient (Wildman–Crippen LogP) is 11.1. The van der Waals surface area contributed by atoms with Gasteiger partial charge in [0.15, 0.2) is 11.6 Å². The van der Waals surface area contributed by atoms with E-state index in [1.807, 2.05) is 30.5 Å². The summed E-state index contributed by atoms with van der Waals surface area (Å²) >= 11 is 0. The van der Waals surface area contributed by atoms with Crippen LogP contribution in [0.15, 0.2) is 170 Å². The fourth-order valence-electron chi connectivity index (χ4n) is 8.29. The number of rotatable bonds is 6. The van der Waals surface area contributed by atoms with Crippen molar-refractivity contribution in [3.8, 4) is 51.2 Å². The van der Waals surface area contributed by atoms with Crippen LogP contribution in [0.4, 0.5) is 0 Å². The van der Waals surface area contributed by atoms with Crippen molar-refractivity contribution < 1.29 is 0 Å². The van der Waals surface area contributed by atoms with Gasteiger partial charge in [-0.05, 0) is 91.2 Å². The van der Waals surface area contributed by atoms with Gasteiger partial charge in [-0.25, -0.2) is 4.98 Å². The first-order valence-corrected chi connectivity index (χ1v) is 18.6. The minimum Gasteiger partial charge on any atom is -0.310 e. The van der Waals surface area contributed by atoms with Gasteiger partial charge in [-0.1, -0.05) is 91.0 Å². The molecule has 10 aromatic rings. The maximum absolute atomic E-state index is 5.16.